The molecule has 4 rings (SSSR count). The van der Waals surface area contributed by atoms with Crippen LogP contribution in [0.15, 0.2) is 36.2 Å². The fraction of sp³-hybridized carbons (Fsp3) is 0.630. The number of ether oxygens (including phenoxy) is 1. The van der Waals surface area contributed by atoms with Crippen molar-refractivity contribution in [2.45, 2.75) is 52.4 Å². The van der Waals surface area contributed by atoms with Gasteiger partial charge >= 0.3 is 0 Å². The average molecular weight is 517 g/mol. The van der Waals surface area contributed by atoms with Gasteiger partial charge in [-0.2, -0.15) is 5.10 Å². The van der Waals surface area contributed by atoms with Crippen LogP contribution in [0.3, 0.4) is 0 Å². The van der Waals surface area contributed by atoms with Crippen LogP contribution < -0.4 is 4.72 Å². The zero-order chi connectivity index (χ0) is 26.1. The summed E-state index contributed by atoms with van der Waals surface area (Å²) in [5, 5.41) is 5.55. The Bertz CT molecular complexity index is 1220. The summed E-state index contributed by atoms with van der Waals surface area (Å²) in [6.07, 6.45) is 9.39. The Morgan fingerprint density at radius 1 is 1.17 bits per heavy atom. The zero-order valence-electron chi connectivity index (χ0n) is 22.2. The minimum Gasteiger partial charge on any atom is -0.380 e. The number of fused-ring (bicyclic) bond motifs is 1. The van der Waals surface area contributed by atoms with E-state index in [1.165, 1.54) is 10.9 Å². The zero-order valence-corrected chi connectivity index (χ0v) is 23.0. The molecule has 0 bridgehead atoms. The monoisotopic (exact) mass is 516 g/mol. The second-order valence-electron chi connectivity index (χ2n) is 11.5. The van der Waals surface area contributed by atoms with Gasteiger partial charge in [0, 0.05) is 49.2 Å². The van der Waals surface area contributed by atoms with Gasteiger partial charge in [-0.05, 0) is 61.3 Å². The number of aromatic nitrogens is 2. The number of amides is 1. The molecular formula is C27H40N4O4S. The third-order valence-electron chi connectivity index (χ3n) is 7.41. The van der Waals surface area contributed by atoms with Crippen molar-refractivity contribution in [1.82, 2.24) is 19.4 Å². The third-order valence-corrected chi connectivity index (χ3v) is 8.01. The van der Waals surface area contributed by atoms with Gasteiger partial charge in [0.2, 0.25) is 15.9 Å². The number of hydrogen-bond acceptors (Lipinski definition) is 5. The SMILES string of the molecule is Cn1ncc2cc(C3CCC(COC[C@@H]4CN(C(=O)C(C)(C)C)CC=C4NS(C)(=O)=O)CC3)ccc21. The van der Waals surface area contributed by atoms with Crippen molar-refractivity contribution in [2.75, 3.05) is 32.6 Å². The van der Waals surface area contributed by atoms with Crippen LogP contribution >= 0.6 is 0 Å². The van der Waals surface area contributed by atoms with Gasteiger partial charge < -0.3 is 9.64 Å². The van der Waals surface area contributed by atoms with Gasteiger partial charge in [-0.15, -0.1) is 0 Å². The maximum atomic E-state index is 12.8. The van der Waals surface area contributed by atoms with Gasteiger partial charge in [0.15, 0.2) is 0 Å². The summed E-state index contributed by atoms with van der Waals surface area (Å²) < 4.78 is 34.5. The molecule has 2 heterocycles. The lowest BCUT2D eigenvalue weighted by molar-refractivity contribution is -0.140. The number of rotatable bonds is 7. The number of carbonyl (C=O) groups is 1. The van der Waals surface area contributed by atoms with Gasteiger partial charge in [-0.3, -0.25) is 14.2 Å². The highest BCUT2D eigenvalue weighted by Gasteiger charge is 2.33. The normalized spacial score (nSPS) is 23.5. The number of nitrogens with zero attached hydrogens (tertiary/aromatic N) is 3. The highest BCUT2D eigenvalue weighted by Crippen LogP contribution is 2.37. The molecule has 0 unspecified atom stereocenters. The summed E-state index contributed by atoms with van der Waals surface area (Å²) in [6, 6.07) is 6.68. The molecule has 1 saturated carbocycles. The predicted molar refractivity (Wildman–Crippen MR) is 142 cm³/mol. The van der Waals surface area contributed by atoms with E-state index in [0.717, 1.165) is 37.5 Å². The molecule has 8 nitrogen and oxygen atoms in total. The largest absolute Gasteiger partial charge is 0.380 e. The molecule has 1 atom stereocenters. The van der Waals surface area contributed by atoms with Gasteiger partial charge in [0.05, 0.1) is 24.6 Å². The average Bonchev–Trinajstić information content (AvgIpc) is 3.18. The standard InChI is InChI=1S/C27H40N4O4S/c1-27(2,3)26(32)31-13-12-24(29-36(5,33)34)23(16-31)18-35-17-19-6-8-20(9-7-19)21-10-11-25-22(14-21)15-28-30(25)4/h10-12,14-15,19-20,23,29H,6-9,13,16-18H2,1-5H3/t19?,20?,23-/m0/s1. The number of aryl methyl sites for hydroxylation is 1. The van der Waals surface area contributed by atoms with Crippen LogP contribution in [0.25, 0.3) is 10.9 Å². The maximum Gasteiger partial charge on any atom is 0.229 e. The number of nitrogens with one attached hydrogen (secondary N) is 1. The molecule has 0 spiro atoms. The van der Waals surface area contributed by atoms with Crippen molar-refractivity contribution in [1.29, 1.82) is 0 Å². The molecule has 2 aromatic rings. The van der Waals surface area contributed by atoms with Crippen LogP contribution in [0.4, 0.5) is 0 Å². The van der Waals surface area contributed by atoms with E-state index in [-0.39, 0.29) is 11.8 Å². The van der Waals surface area contributed by atoms with E-state index < -0.39 is 15.4 Å². The molecule has 1 aromatic carbocycles. The molecule has 1 fully saturated rings. The smallest absolute Gasteiger partial charge is 0.229 e. The van der Waals surface area contributed by atoms with Crippen LogP contribution in [0, 0.1) is 17.3 Å². The lowest BCUT2D eigenvalue weighted by Crippen LogP contribution is -2.47. The maximum absolute atomic E-state index is 12.8. The Hall–Kier alpha value is -2.39. The van der Waals surface area contributed by atoms with E-state index in [2.05, 4.69) is 28.0 Å². The molecule has 1 aliphatic heterocycles. The van der Waals surface area contributed by atoms with Gasteiger partial charge in [0.1, 0.15) is 0 Å². The first-order valence-electron chi connectivity index (χ1n) is 12.9. The summed E-state index contributed by atoms with van der Waals surface area (Å²) in [7, 11) is -1.43. The number of carbonyl (C=O) groups excluding carboxylic acids is 1. The topological polar surface area (TPSA) is 93.5 Å². The minimum absolute atomic E-state index is 0.0601. The third kappa shape index (κ3) is 6.48. The molecule has 9 heteroatoms. The molecule has 0 radical (unpaired) electrons. The fourth-order valence-electron chi connectivity index (χ4n) is 5.41. The summed E-state index contributed by atoms with van der Waals surface area (Å²) in [5.74, 6) is 0.927. The van der Waals surface area contributed by atoms with E-state index in [1.54, 1.807) is 4.90 Å². The van der Waals surface area contributed by atoms with E-state index in [9.17, 15) is 13.2 Å². The minimum atomic E-state index is -3.40. The van der Waals surface area contributed by atoms with Gasteiger partial charge in [-0.1, -0.05) is 26.8 Å². The van der Waals surface area contributed by atoms with Crippen LogP contribution in [0.5, 0.6) is 0 Å². The van der Waals surface area contributed by atoms with Crippen molar-refractivity contribution < 1.29 is 17.9 Å². The fourth-order valence-corrected chi connectivity index (χ4v) is 6.09. The molecule has 1 aliphatic carbocycles. The molecular weight excluding hydrogens is 476 g/mol. The van der Waals surface area contributed by atoms with Gasteiger partial charge in [-0.25, -0.2) is 8.42 Å². The number of sulfonamides is 1. The highest BCUT2D eigenvalue weighted by atomic mass is 32.2. The lowest BCUT2D eigenvalue weighted by atomic mass is 9.79. The first-order chi connectivity index (χ1) is 16.9. The second kappa shape index (κ2) is 10.5. The molecule has 198 valence electrons. The highest BCUT2D eigenvalue weighted by molar-refractivity contribution is 7.88. The van der Waals surface area contributed by atoms with Crippen LogP contribution in [0.1, 0.15) is 57.9 Å². The van der Waals surface area contributed by atoms with E-state index in [4.69, 9.17) is 4.74 Å². The van der Waals surface area contributed by atoms with Crippen LogP contribution in [-0.2, 0) is 26.6 Å². The summed E-state index contributed by atoms with van der Waals surface area (Å²) in [4.78, 5) is 14.6. The Morgan fingerprint density at radius 2 is 1.89 bits per heavy atom. The number of benzene rings is 1. The van der Waals surface area contributed by atoms with Gasteiger partial charge in [0.25, 0.3) is 0 Å². The van der Waals surface area contributed by atoms with E-state index >= 15 is 0 Å². The molecule has 1 N–H and O–H groups in total. The van der Waals surface area contributed by atoms with Crippen LogP contribution in [-0.4, -0.2) is 61.6 Å². The van der Waals surface area contributed by atoms with Crippen molar-refractivity contribution >= 4 is 26.8 Å². The lowest BCUT2D eigenvalue weighted by Gasteiger charge is -2.36. The van der Waals surface area contributed by atoms with E-state index in [1.807, 2.05) is 44.8 Å². The van der Waals surface area contributed by atoms with Crippen molar-refractivity contribution in [3.05, 3.63) is 41.7 Å². The Balaban J connectivity index is 1.30. The van der Waals surface area contributed by atoms with Crippen molar-refractivity contribution in [3.8, 4) is 0 Å². The number of hydrogen-bond donors (Lipinski definition) is 1. The van der Waals surface area contributed by atoms with E-state index in [0.29, 0.717) is 43.8 Å². The van der Waals surface area contributed by atoms with Crippen molar-refractivity contribution in [2.24, 2.45) is 24.3 Å². The molecule has 36 heavy (non-hydrogen) atoms. The molecule has 0 saturated heterocycles. The summed E-state index contributed by atoms with van der Waals surface area (Å²) in [5.41, 5.74) is 2.69. The summed E-state index contributed by atoms with van der Waals surface area (Å²) in [6.45, 7) is 7.61. The molecule has 2 aliphatic rings. The first kappa shape index (κ1) is 26.7. The Morgan fingerprint density at radius 3 is 2.56 bits per heavy atom. The predicted octanol–water partition coefficient (Wildman–Crippen LogP) is 3.80. The van der Waals surface area contributed by atoms with Crippen LogP contribution in [0.2, 0.25) is 0 Å². The second-order valence-corrected chi connectivity index (χ2v) is 13.3. The quantitative estimate of drug-likeness (QED) is 0.604. The Kier molecular flexibility index (Phi) is 7.80. The molecule has 1 amide bonds. The van der Waals surface area contributed by atoms with Crippen molar-refractivity contribution in [3.63, 3.8) is 0 Å². The molecule has 1 aromatic heterocycles. The first-order valence-corrected chi connectivity index (χ1v) is 14.8. The Labute approximate surface area is 215 Å². The summed E-state index contributed by atoms with van der Waals surface area (Å²) >= 11 is 0.